The molecule has 2 fully saturated rings. The monoisotopic (exact) mass is 413 g/mol. The van der Waals surface area contributed by atoms with Crippen molar-refractivity contribution in [3.05, 3.63) is 35.4 Å². The molecule has 2 aliphatic heterocycles. The van der Waals surface area contributed by atoms with Crippen molar-refractivity contribution in [2.75, 3.05) is 33.8 Å². The summed E-state index contributed by atoms with van der Waals surface area (Å²) in [6.45, 7) is 2.40. The van der Waals surface area contributed by atoms with E-state index in [1.54, 1.807) is 0 Å². The van der Waals surface area contributed by atoms with E-state index in [0.29, 0.717) is 13.0 Å². The number of carbonyl (C=O) groups excluding carboxylic acids is 2. The molecule has 1 N–H and O–H groups in total. The number of halogens is 3. The number of likely N-dealkylation sites (tertiary alicyclic amines) is 2. The van der Waals surface area contributed by atoms with Gasteiger partial charge >= 0.3 is 12.1 Å². The standard InChI is InChI=1S/C20H26F3N3O3/c1-25-9-7-16(8-10-25)26-12-15(11-17(26)19(28)29-2)24-18(27)13-3-5-14(6-4-13)20(21,22)23/h3-6,15-17H,7-12H2,1-2H3,(H,24,27)/t15-,17-/m0/s1. The van der Waals surface area contributed by atoms with E-state index in [0.717, 1.165) is 38.1 Å². The second-order valence-corrected chi connectivity index (χ2v) is 7.75. The third-order valence-corrected chi connectivity index (χ3v) is 5.78. The van der Waals surface area contributed by atoms with Crippen LogP contribution in [0.1, 0.15) is 35.2 Å². The molecule has 9 heteroatoms. The van der Waals surface area contributed by atoms with Crippen LogP contribution < -0.4 is 5.32 Å². The molecule has 3 rings (SSSR count). The lowest BCUT2D eigenvalue weighted by molar-refractivity contribution is -0.147. The zero-order chi connectivity index (χ0) is 21.2. The minimum Gasteiger partial charge on any atom is -0.468 e. The van der Waals surface area contributed by atoms with Gasteiger partial charge in [0.1, 0.15) is 6.04 Å². The second-order valence-electron chi connectivity index (χ2n) is 7.75. The lowest BCUT2D eigenvalue weighted by Gasteiger charge is -2.37. The summed E-state index contributed by atoms with van der Waals surface area (Å²) in [4.78, 5) is 29.1. The predicted molar refractivity (Wildman–Crippen MR) is 100 cm³/mol. The molecule has 2 aliphatic rings. The number of amides is 1. The van der Waals surface area contributed by atoms with Crippen molar-refractivity contribution in [3.8, 4) is 0 Å². The number of rotatable bonds is 4. The van der Waals surface area contributed by atoms with Crippen molar-refractivity contribution in [3.63, 3.8) is 0 Å². The van der Waals surface area contributed by atoms with E-state index in [9.17, 15) is 22.8 Å². The van der Waals surface area contributed by atoms with E-state index in [1.165, 1.54) is 19.2 Å². The molecular formula is C20H26F3N3O3. The van der Waals surface area contributed by atoms with Crippen molar-refractivity contribution >= 4 is 11.9 Å². The number of hydrogen-bond acceptors (Lipinski definition) is 5. The Morgan fingerprint density at radius 2 is 1.76 bits per heavy atom. The highest BCUT2D eigenvalue weighted by atomic mass is 19.4. The van der Waals surface area contributed by atoms with Crippen LogP contribution in [-0.2, 0) is 15.7 Å². The zero-order valence-corrected chi connectivity index (χ0v) is 16.5. The van der Waals surface area contributed by atoms with Crippen molar-refractivity contribution in [2.45, 2.75) is 43.6 Å². The first-order valence-electron chi connectivity index (χ1n) is 9.69. The molecule has 1 aromatic rings. The van der Waals surface area contributed by atoms with Crippen molar-refractivity contribution in [1.29, 1.82) is 0 Å². The Kier molecular flexibility index (Phi) is 6.48. The van der Waals surface area contributed by atoms with Gasteiger partial charge < -0.3 is 15.0 Å². The Morgan fingerprint density at radius 1 is 1.14 bits per heavy atom. The van der Waals surface area contributed by atoms with E-state index in [2.05, 4.69) is 22.2 Å². The van der Waals surface area contributed by atoms with E-state index < -0.39 is 23.7 Å². The van der Waals surface area contributed by atoms with Crippen LogP contribution in [-0.4, -0.2) is 73.6 Å². The van der Waals surface area contributed by atoms with Gasteiger partial charge in [0.2, 0.25) is 0 Å². The molecule has 2 heterocycles. The van der Waals surface area contributed by atoms with Crippen LogP contribution in [0.4, 0.5) is 13.2 Å². The van der Waals surface area contributed by atoms with Crippen LogP contribution >= 0.6 is 0 Å². The third kappa shape index (κ3) is 5.08. The largest absolute Gasteiger partial charge is 0.468 e. The molecule has 1 amide bonds. The first-order valence-corrected chi connectivity index (χ1v) is 9.69. The summed E-state index contributed by atoms with van der Waals surface area (Å²) in [6, 6.07) is 3.67. The van der Waals surface area contributed by atoms with Gasteiger partial charge in [0.25, 0.3) is 5.91 Å². The maximum atomic E-state index is 12.7. The molecule has 0 spiro atoms. The minimum absolute atomic E-state index is 0.158. The normalized spacial score (nSPS) is 24.4. The number of ether oxygens (including phenoxy) is 1. The number of carbonyl (C=O) groups is 2. The number of benzene rings is 1. The number of nitrogens with one attached hydrogen (secondary N) is 1. The van der Waals surface area contributed by atoms with Gasteiger partial charge in [-0.3, -0.25) is 14.5 Å². The highest BCUT2D eigenvalue weighted by molar-refractivity contribution is 5.94. The fourth-order valence-electron chi connectivity index (χ4n) is 4.14. The van der Waals surface area contributed by atoms with E-state index in [1.807, 2.05) is 0 Å². The Bertz CT molecular complexity index is 731. The minimum atomic E-state index is -4.44. The van der Waals surface area contributed by atoms with Gasteiger partial charge in [-0.05, 0) is 63.7 Å². The Morgan fingerprint density at radius 3 is 2.31 bits per heavy atom. The molecule has 2 saturated heterocycles. The van der Waals surface area contributed by atoms with Crippen LogP contribution in [0.15, 0.2) is 24.3 Å². The molecule has 29 heavy (non-hydrogen) atoms. The molecule has 0 radical (unpaired) electrons. The number of esters is 1. The molecule has 6 nitrogen and oxygen atoms in total. The molecule has 0 aliphatic carbocycles. The molecular weight excluding hydrogens is 387 g/mol. The highest BCUT2D eigenvalue weighted by Crippen LogP contribution is 2.30. The molecule has 0 aromatic heterocycles. The molecule has 2 atom stereocenters. The molecule has 1 aromatic carbocycles. The van der Waals surface area contributed by atoms with Crippen LogP contribution in [0.5, 0.6) is 0 Å². The number of methoxy groups -OCH3 is 1. The zero-order valence-electron chi connectivity index (χ0n) is 16.5. The summed E-state index contributed by atoms with van der Waals surface area (Å²) in [5.41, 5.74) is -0.639. The fraction of sp³-hybridized carbons (Fsp3) is 0.600. The summed E-state index contributed by atoms with van der Waals surface area (Å²) in [6.07, 6.45) is -2.15. The number of nitrogens with zero attached hydrogens (tertiary/aromatic N) is 2. The summed E-state index contributed by atoms with van der Waals surface area (Å²) in [7, 11) is 3.41. The smallest absolute Gasteiger partial charge is 0.416 e. The number of alkyl halides is 3. The topological polar surface area (TPSA) is 61.9 Å². The summed E-state index contributed by atoms with van der Waals surface area (Å²) < 4.78 is 43.0. The predicted octanol–water partition coefficient (Wildman–Crippen LogP) is 2.15. The molecule has 0 saturated carbocycles. The van der Waals surface area contributed by atoms with Crippen molar-refractivity contribution in [1.82, 2.24) is 15.1 Å². The summed E-state index contributed by atoms with van der Waals surface area (Å²) >= 11 is 0. The van der Waals surface area contributed by atoms with Gasteiger partial charge in [-0.25, -0.2) is 0 Å². The summed E-state index contributed by atoms with van der Waals surface area (Å²) in [5, 5.41) is 2.86. The average Bonchev–Trinajstić information content (AvgIpc) is 3.11. The Labute approximate surface area is 168 Å². The summed E-state index contributed by atoms with van der Waals surface area (Å²) in [5.74, 6) is -0.771. The Hall–Kier alpha value is -2.13. The van der Waals surface area contributed by atoms with E-state index >= 15 is 0 Å². The fourth-order valence-corrected chi connectivity index (χ4v) is 4.14. The average molecular weight is 413 g/mol. The van der Waals surface area contributed by atoms with Crippen LogP contribution in [0.25, 0.3) is 0 Å². The number of hydrogen-bond donors (Lipinski definition) is 1. The molecule has 0 unspecified atom stereocenters. The highest BCUT2D eigenvalue weighted by Gasteiger charge is 2.42. The molecule has 0 bridgehead atoms. The SMILES string of the molecule is COC(=O)[C@@H]1C[C@H](NC(=O)c2ccc(C(F)(F)F)cc2)CN1C1CCN(C)CC1. The quantitative estimate of drug-likeness (QED) is 0.767. The van der Waals surface area contributed by atoms with Crippen LogP contribution in [0.3, 0.4) is 0 Å². The van der Waals surface area contributed by atoms with Gasteiger partial charge in [-0.1, -0.05) is 0 Å². The van der Waals surface area contributed by atoms with Crippen molar-refractivity contribution in [2.24, 2.45) is 0 Å². The van der Waals surface area contributed by atoms with E-state index in [-0.39, 0.29) is 23.6 Å². The van der Waals surface area contributed by atoms with Crippen LogP contribution in [0, 0.1) is 0 Å². The molecule has 160 valence electrons. The second kappa shape index (κ2) is 8.71. The maximum absolute atomic E-state index is 12.7. The lowest BCUT2D eigenvalue weighted by atomic mass is 10.0. The lowest BCUT2D eigenvalue weighted by Crippen LogP contribution is -2.49. The first-order chi connectivity index (χ1) is 13.7. The Balaban J connectivity index is 1.66. The third-order valence-electron chi connectivity index (χ3n) is 5.78. The van der Waals surface area contributed by atoms with Gasteiger partial charge in [0.15, 0.2) is 0 Å². The van der Waals surface area contributed by atoms with Crippen molar-refractivity contribution < 1.29 is 27.5 Å². The van der Waals surface area contributed by atoms with Gasteiger partial charge in [0, 0.05) is 24.2 Å². The van der Waals surface area contributed by atoms with Gasteiger partial charge in [0.05, 0.1) is 12.7 Å². The maximum Gasteiger partial charge on any atom is 0.416 e. The van der Waals surface area contributed by atoms with E-state index in [4.69, 9.17) is 4.74 Å². The first kappa shape index (κ1) is 21.6. The van der Waals surface area contributed by atoms with Gasteiger partial charge in [-0.15, -0.1) is 0 Å². The number of piperidine rings is 1. The van der Waals surface area contributed by atoms with Crippen LogP contribution in [0.2, 0.25) is 0 Å². The van der Waals surface area contributed by atoms with Gasteiger partial charge in [-0.2, -0.15) is 13.2 Å².